The number of nitrogens with zero attached hydrogens (tertiary/aromatic N) is 6. The van der Waals surface area contributed by atoms with Gasteiger partial charge in [-0.05, 0) is 42.8 Å². The number of nitrogens with one attached hydrogen (secondary N) is 1. The third-order valence-corrected chi connectivity index (χ3v) is 6.90. The fraction of sp³-hybridized carbons (Fsp3) is 0.259. The van der Waals surface area contributed by atoms with E-state index in [-0.39, 0.29) is 6.04 Å². The van der Waals surface area contributed by atoms with E-state index in [9.17, 15) is 0 Å². The van der Waals surface area contributed by atoms with Crippen molar-refractivity contribution in [3.8, 4) is 17.2 Å². The molecule has 2 aliphatic rings. The summed E-state index contributed by atoms with van der Waals surface area (Å²) in [5.74, 6) is 3.71. The molecule has 0 saturated carbocycles. The molecule has 1 unspecified atom stereocenters. The Kier molecular flexibility index (Phi) is 5.07. The lowest BCUT2D eigenvalue weighted by Crippen LogP contribution is -2.51. The highest BCUT2D eigenvalue weighted by atomic mass is 16.5. The number of rotatable bonds is 4. The number of hydrogen-bond acceptors (Lipinski definition) is 9. The van der Waals surface area contributed by atoms with E-state index < -0.39 is 0 Å². The summed E-state index contributed by atoms with van der Waals surface area (Å²) in [6.45, 7) is 4.65. The molecule has 0 spiro atoms. The lowest BCUT2D eigenvalue weighted by molar-refractivity contribution is 0.0702. The Morgan fingerprint density at radius 2 is 1.97 bits per heavy atom. The molecule has 10 nitrogen and oxygen atoms in total. The van der Waals surface area contributed by atoms with Crippen LogP contribution in [0.25, 0.3) is 21.9 Å². The number of fused-ring (bicyclic) bond motifs is 6. The summed E-state index contributed by atoms with van der Waals surface area (Å²) in [6, 6.07) is 12.1. The molecule has 0 amide bonds. The molecule has 10 heteroatoms. The quantitative estimate of drug-likeness (QED) is 0.390. The molecule has 1 N–H and O–H groups in total. The average Bonchev–Trinajstić information content (AvgIpc) is 3.29. The number of aryl methyl sites for hydroxylation is 2. The van der Waals surface area contributed by atoms with E-state index in [1.165, 1.54) is 6.33 Å². The maximum Gasteiger partial charge on any atom is 0.175 e. The van der Waals surface area contributed by atoms with Gasteiger partial charge in [-0.15, -0.1) is 0 Å². The minimum absolute atomic E-state index is 0.167. The SMILES string of the molecule is Cc1cc(Nc2ncnc3cnc4c(c23)OCC2COCCN42)ccc1Oc1ccc2c(c1)ncn2C. The van der Waals surface area contributed by atoms with E-state index in [4.69, 9.17) is 14.2 Å². The molecule has 2 aromatic carbocycles. The number of pyridine rings is 1. The van der Waals surface area contributed by atoms with Gasteiger partial charge < -0.3 is 29.0 Å². The fourth-order valence-electron chi connectivity index (χ4n) is 4.99. The van der Waals surface area contributed by atoms with Crippen molar-refractivity contribution in [3.05, 3.63) is 60.8 Å². The topological polar surface area (TPSA) is 99.5 Å². The van der Waals surface area contributed by atoms with Crippen LogP contribution in [0.4, 0.5) is 17.3 Å². The molecule has 0 bridgehead atoms. The van der Waals surface area contributed by atoms with Crippen LogP contribution < -0.4 is 19.7 Å². The van der Waals surface area contributed by atoms with E-state index in [1.807, 2.05) is 54.9 Å². The highest BCUT2D eigenvalue weighted by molar-refractivity contribution is 5.98. The second kappa shape index (κ2) is 8.59. The van der Waals surface area contributed by atoms with Crippen LogP contribution in [0, 0.1) is 6.92 Å². The number of anilines is 3. The van der Waals surface area contributed by atoms with Crippen LogP contribution in [-0.2, 0) is 11.8 Å². The summed E-state index contributed by atoms with van der Waals surface area (Å²) in [4.78, 5) is 20.3. The number of benzene rings is 2. The maximum atomic E-state index is 6.20. The Morgan fingerprint density at radius 3 is 2.89 bits per heavy atom. The minimum atomic E-state index is 0.167. The second-order valence-corrected chi connectivity index (χ2v) is 9.34. The third kappa shape index (κ3) is 3.77. The minimum Gasteiger partial charge on any atom is -0.487 e. The Labute approximate surface area is 212 Å². The van der Waals surface area contributed by atoms with Gasteiger partial charge in [0, 0.05) is 25.3 Å². The van der Waals surface area contributed by atoms with Crippen LogP contribution in [0.3, 0.4) is 0 Å². The number of aromatic nitrogens is 5. The van der Waals surface area contributed by atoms with E-state index in [2.05, 4.69) is 30.2 Å². The summed E-state index contributed by atoms with van der Waals surface area (Å²) >= 11 is 0. The van der Waals surface area contributed by atoms with Gasteiger partial charge in [-0.3, -0.25) is 0 Å². The van der Waals surface area contributed by atoms with Crippen LogP contribution in [-0.4, -0.2) is 56.9 Å². The van der Waals surface area contributed by atoms with Crippen LogP contribution in [0.15, 0.2) is 55.2 Å². The Morgan fingerprint density at radius 1 is 1.03 bits per heavy atom. The van der Waals surface area contributed by atoms with Gasteiger partial charge in [0.05, 0.1) is 53.7 Å². The fourth-order valence-corrected chi connectivity index (χ4v) is 4.99. The number of ether oxygens (including phenoxy) is 3. The lowest BCUT2D eigenvalue weighted by Gasteiger charge is -2.40. The molecule has 5 heterocycles. The molecule has 3 aromatic heterocycles. The van der Waals surface area contributed by atoms with Crippen molar-refractivity contribution in [2.75, 3.05) is 36.6 Å². The van der Waals surface area contributed by atoms with Crippen molar-refractivity contribution in [2.24, 2.45) is 7.05 Å². The standard InChI is InChI=1S/C27H25N7O3/c1-16-9-17(3-6-23(16)37-19-4-5-22-20(10-19)31-15-33(22)2)32-26-24-21(29-14-30-26)11-28-27-25(24)36-13-18-12-35-8-7-34(18)27/h3-6,9-11,14-15,18H,7-8,12-13H2,1-2H3,(H,29,30,32). The summed E-state index contributed by atoms with van der Waals surface area (Å²) in [5, 5.41) is 4.28. The van der Waals surface area contributed by atoms with Gasteiger partial charge in [0.2, 0.25) is 0 Å². The van der Waals surface area contributed by atoms with Gasteiger partial charge in [-0.2, -0.15) is 0 Å². The van der Waals surface area contributed by atoms with Crippen molar-refractivity contribution in [1.29, 1.82) is 0 Å². The van der Waals surface area contributed by atoms with Crippen LogP contribution in [0.1, 0.15) is 5.56 Å². The van der Waals surface area contributed by atoms with Crippen molar-refractivity contribution in [1.82, 2.24) is 24.5 Å². The monoisotopic (exact) mass is 495 g/mol. The Balaban J connectivity index is 1.19. The van der Waals surface area contributed by atoms with Gasteiger partial charge in [0.15, 0.2) is 11.6 Å². The van der Waals surface area contributed by atoms with E-state index in [0.29, 0.717) is 31.4 Å². The lowest BCUT2D eigenvalue weighted by atomic mass is 10.1. The van der Waals surface area contributed by atoms with Crippen molar-refractivity contribution < 1.29 is 14.2 Å². The Bertz CT molecular complexity index is 1650. The van der Waals surface area contributed by atoms with Gasteiger partial charge in [0.25, 0.3) is 0 Å². The molecule has 7 rings (SSSR count). The molecule has 37 heavy (non-hydrogen) atoms. The summed E-state index contributed by atoms with van der Waals surface area (Å²) in [6.07, 6.45) is 5.12. The molecule has 0 radical (unpaired) electrons. The predicted molar refractivity (Wildman–Crippen MR) is 140 cm³/mol. The zero-order chi connectivity index (χ0) is 24.9. The molecule has 1 atom stereocenters. The second-order valence-electron chi connectivity index (χ2n) is 9.34. The smallest absolute Gasteiger partial charge is 0.175 e. The van der Waals surface area contributed by atoms with Gasteiger partial charge in [0.1, 0.15) is 30.3 Å². The zero-order valence-electron chi connectivity index (χ0n) is 20.5. The third-order valence-electron chi connectivity index (χ3n) is 6.90. The summed E-state index contributed by atoms with van der Waals surface area (Å²) in [7, 11) is 1.98. The van der Waals surface area contributed by atoms with Crippen molar-refractivity contribution in [2.45, 2.75) is 13.0 Å². The van der Waals surface area contributed by atoms with Crippen LogP contribution >= 0.6 is 0 Å². The van der Waals surface area contributed by atoms with E-state index in [0.717, 1.165) is 57.0 Å². The van der Waals surface area contributed by atoms with Gasteiger partial charge >= 0.3 is 0 Å². The molecular weight excluding hydrogens is 470 g/mol. The largest absolute Gasteiger partial charge is 0.487 e. The van der Waals surface area contributed by atoms with Crippen molar-refractivity contribution in [3.63, 3.8) is 0 Å². The van der Waals surface area contributed by atoms with E-state index >= 15 is 0 Å². The first-order valence-electron chi connectivity index (χ1n) is 12.2. The van der Waals surface area contributed by atoms with Crippen LogP contribution in [0.2, 0.25) is 0 Å². The number of hydrogen-bond donors (Lipinski definition) is 1. The first-order valence-corrected chi connectivity index (χ1v) is 12.2. The van der Waals surface area contributed by atoms with Crippen LogP contribution in [0.5, 0.6) is 17.2 Å². The molecule has 5 aromatic rings. The molecule has 1 saturated heterocycles. The molecule has 0 aliphatic carbocycles. The van der Waals surface area contributed by atoms with Gasteiger partial charge in [-0.1, -0.05) is 0 Å². The number of imidazole rings is 1. The maximum absolute atomic E-state index is 6.20. The zero-order valence-corrected chi connectivity index (χ0v) is 20.5. The highest BCUT2D eigenvalue weighted by Crippen LogP contribution is 2.41. The molecule has 1 fully saturated rings. The van der Waals surface area contributed by atoms with Gasteiger partial charge in [-0.25, -0.2) is 19.9 Å². The molecule has 186 valence electrons. The average molecular weight is 496 g/mol. The molecular formula is C27H25N7O3. The van der Waals surface area contributed by atoms with E-state index in [1.54, 1.807) is 12.5 Å². The molecule has 2 aliphatic heterocycles. The summed E-state index contributed by atoms with van der Waals surface area (Å²) in [5.41, 5.74) is 4.56. The first-order chi connectivity index (χ1) is 18.1. The predicted octanol–water partition coefficient (Wildman–Crippen LogP) is 4.35. The Hall–Kier alpha value is -4.44. The number of morpholine rings is 1. The normalized spacial score (nSPS) is 16.8. The first kappa shape index (κ1) is 21.8. The summed E-state index contributed by atoms with van der Waals surface area (Å²) < 4.78 is 20.0. The highest BCUT2D eigenvalue weighted by Gasteiger charge is 2.33. The van der Waals surface area contributed by atoms with Crippen molar-refractivity contribution >= 4 is 39.3 Å².